The molecule has 1 aromatic carbocycles. The van der Waals surface area contributed by atoms with Crippen LogP contribution in [0.1, 0.15) is 35.7 Å². The van der Waals surface area contributed by atoms with Crippen LogP contribution in [0.4, 0.5) is 0 Å². The van der Waals surface area contributed by atoms with E-state index in [1.165, 1.54) is 11.1 Å². The van der Waals surface area contributed by atoms with Crippen LogP contribution in [0.5, 0.6) is 0 Å². The molecular formula is C14H19N3O. The molecule has 4 heteroatoms. The van der Waals surface area contributed by atoms with Gasteiger partial charge in [-0.15, -0.1) is 0 Å². The summed E-state index contributed by atoms with van der Waals surface area (Å²) in [5.41, 5.74) is 7.95. The first-order chi connectivity index (χ1) is 8.79. The summed E-state index contributed by atoms with van der Waals surface area (Å²) in [4.78, 5) is 4.40. The van der Waals surface area contributed by atoms with Crippen LogP contribution in [0.3, 0.4) is 0 Å². The van der Waals surface area contributed by atoms with Gasteiger partial charge in [0.2, 0.25) is 5.89 Å². The molecule has 0 saturated heterocycles. The predicted molar refractivity (Wildman–Crippen MR) is 70.3 cm³/mol. The smallest absolute Gasteiger partial charge is 0.226 e. The number of aromatic nitrogens is 2. The lowest BCUT2D eigenvalue weighted by Gasteiger charge is -2.00. The van der Waals surface area contributed by atoms with Gasteiger partial charge in [0.1, 0.15) is 0 Å². The van der Waals surface area contributed by atoms with Gasteiger partial charge >= 0.3 is 0 Å². The average molecular weight is 245 g/mol. The highest BCUT2D eigenvalue weighted by Gasteiger charge is 2.07. The Hall–Kier alpha value is -1.68. The van der Waals surface area contributed by atoms with Crippen molar-refractivity contribution in [2.75, 3.05) is 6.54 Å². The van der Waals surface area contributed by atoms with Crippen molar-refractivity contribution >= 4 is 0 Å². The standard InChI is InChI=1S/C14H19N3O/c1-11-6-2-3-7-12(11)10-13-16-14(18-17-13)8-4-5-9-15/h2-3,6-7H,4-5,8-10,15H2,1H3. The molecule has 0 amide bonds. The number of aryl methyl sites for hydroxylation is 2. The Balaban J connectivity index is 1.96. The Morgan fingerprint density at radius 1 is 1.22 bits per heavy atom. The minimum absolute atomic E-state index is 0.713. The van der Waals surface area contributed by atoms with Gasteiger partial charge in [-0.05, 0) is 37.4 Å². The minimum atomic E-state index is 0.713. The quantitative estimate of drug-likeness (QED) is 0.793. The van der Waals surface area contributed by atoms with E-state index in [2.05, 4.69) is 29.2 Å². The van der Waals surface area contributed by atoms with Crippen LogP contribution in [0.15, 0.2) is 28.8 Å². The number of hydrogen-bond donors (Lipinski definition) is 1. The van der Waals surface area contributed by atoms with Crippen LogP contribution in [0.2, 0.25) is 0 Å². The van der Waals surface area contributed by atoms with Crippen LogP contribution in [0, 0.1) is 6.92 Å². The molecule has 0 radical (unpaired) electrons. The van der Waals surface area contributed by atoms with Gasteiger partial charge in [-0.1, -0.05) is 29.4 Å². The Kier molecular flexibility index (Phi) is 4.47. The molecule has 0 fully saturated rings. The summed E-state index contributed by atoms with van der Waals surface area (Å²) in [6, 6.07) is 8.26. The first kappa shape index (κ1) is 12.8. The third-order valence-corrected chi connectivity index (χ3v) is 2.96. The molecule has 0 spiro atoms. The Morgan fingerprint density at radius 2 is 2.06 bits per heavy atom. The minimum Gasteiger partial charge on any atom is -0.339 e. The zero-order valence-electron chi connectivity index (χ0n) is 10.7. The molecule has 0 atom stereocenters. The molecule has 4 nitrogen and oxygen atoms in total. The first-order valence-corrected chi connectivity index (χ1v) is 6.35. The van der Waals surface area contributed by atoms with Crippen molar-refractivity contribution in [2.45, 2.75) is 32.6 Å². The van der Waals surface area contributed by atoms with E-state index in [0.717, 1.165) is 31.5 Å². The molecule has 0 unspecified atom stereocenters. The van der Waals surface area contributed by atoms with Crippen molar-refractivity contribution in [3.63, 3.8) is 0 Å². The van der Waals surface area contributed by atoms with E-state index in [1.54, 1.807) is 0 Å². The summed E-state index contributed by atoms with van der Waals surface area (Å²) in [6.45, 7) is 2.81. The van der Waals surface area contributed by atoms with Crippen LogP contribution >= 0.6 is 0 Å². The third-order valence-electron chi connectivity index (χ3n) is 2.96. The Morgan fingerprint density at radius 3 is 2.83 bits per heavy atom. The maximum Gasteiger partial charge on any atom is 0.226 e. The van der Waals surface area contributed by atoms with Crippen molar-refractivity contribution < 1.29 is 4.52 Å². The van der Waals surface area contributed by atoms with Gasteiger partial charge in [0, 0.05) is 12.8 Å². The molecule has 0 aliphatic heterocycles. The monoisotopic (exact) mass is 245 g/mol. The van der Waals surface area contributed by atoms with E-state index in [1.807, 2.05) is 12.1 Å². The van der Waals surface area contributed by atoms with Crippen LogP contribution in [-0.2, 0) is 12.8 Å². The number of unbranched alkanes of at least 4 members (excludes halogenated alkanes) is 1. The molecule has 1 aromatic heterocycles. The average Bonchev–Trinajstić information content (AvgIpc) is 2.80. The summed E-state index contributed by atoms with van der Waals surface area (Å²) in [5, 5.41) is 4.01. The SMILES string of the molecule is Cc1ccccc1Cc1noc(CCCCN)n1. The number of nitrogens with two attached hydrogens (primary N) is 1. The second kappa shape index (κ2) is 6.31. The molecule has 0 saturated carbocycles. The Bertz CT molecular complexity index is 493. The summed E-state index contributed by atoms with van der Waals surface area (Å²) >= 11 is 0. The molecule has 1 heterocycles. The van der Waals surface area contributed by atoms with E-state index in [9.17, 15) is 0 Å². The van der Waals surface area contributed by atoms with Crippen LogP contribution in [0.25, 0.3) is 0 Å². The fraction of sp³-hybridized carbons (Fsp3) is 0.429. The van der Waals surface area contributed by atoms with Gasteiger partial charge in [0.25, 0.3) is 0 Å². The number of rotatable bonds is 6. The Labute approximate surface area is 107 Å². The lowest BCUT2D eigenvalue weighted by Crippen LogP contribution is -1.99. The molecule has 0 bridgehead atoms. The van der Waals surface area contributed by atoms with Crippen molar-refractivity contribution in [3.05, 3.63) is 47.1 Å². The fourth-order valence-electron chi connectivity index (χ4n) is 1.86. The van der Waals surface area contributed by atoms with Gasteiger partial charge in [-0.25, -0.2) is 0 Å². The highest BCUT2D eigenvalue weighted by molar-refractivity contribution is 5.27. The topological polar surface area (TPSA) is 64.9 Å². The lowest BCUT2D eigenvalue weighted by atomic mass is 10.1. The van der Waals surface area contributed by atoms with E-state index in [4.69, 9.17) is 10.3 Å². The van der Waals surface area contributed by atoms with Crippen molar-refractivity contribution in [3.8, 4) is 0 Å². The van der Waals surface area contributed by atoms with Gasteiger partial charge in [0.05, 0.1) is 0 Å². The third kappa shape index (κ3) is 3.40. The molecule has 2 aromatic rings. The van der Waals surface area contributed by atoms with Gasteiger partial charge in [0.15, 0.2) is 5.82 Å². The predicted octanol–water partition coefficient (Wildman–Crippen LogP) is 2.25. The molecule has 0 aliphatic carbocycles. The largest absolute Gasteiger partial charge is 0.339 e. The molecular weight excluding hydrogens is 226 g/mol. The van der Waals surface area contributed by atoms with E-state index in [0.29, 0.717) is 12.4 Å². The fourth-order valence-corrected chi connectivity index (χ4v) is 1.86. The molecule has 0 aliphatic rings. The maximum absolute atomic E-state index is 5.45. The van der Waals surface area contributed by atoms with E-state index in [-0.39, 0.29) is 0 Å². The van der Waals surface area contributed by atoms with Gasteiger partial charge < -0.3 is 10.3 Å². The zero-order chi connectivity index (χ0) is 12.8. The van der Waals surface area contributed by atoms with Gasteiger partial charge in [-0.3, -0.25) is 0 Å². The first-order valence-electron chi connectivity index (χ1n) is 6.35. The number of hydrogen-bond acceptors (Lipinski definition) is 4. The summed E-state index contributed by atoms with van der Waals surface area (Å²) in [6.07, 6.45) is 3.54. The van der Waals surface area contributed by atoms with Crippen molar-refractivity contribution in [1.29, 1.82) is 0 Å². The van der Waals surface area contributed by atoms with Crippen molar-refractivity contribution in [1.82, 2.24) is 10.1 Å². The molecule has 18 heavy (non-hydrogen) atoms. The van der Waals surface area contributed by atoms with E-state index < -0.39 is 0 Å². The van der Waals surface area contributed by atoms with Gasteiger partial charge in [-0.2, -0.15) is 4.98 Å². The maximum atomic E-state index is 5.45. The molecule has 96 valence electrons. The summed E-state index contributed by atoms with van der Waals surface area (Å²) in [5.74, 6) is 1.47. The van der Waals surface area contributed by atoms with Crippen LogP contribution < -0.4 is 5.73 Å². The zero-order valence-corrected chi connectivity index (χ0v) is 10.7. The lowest BCUT2D eigenvalue weighted by molar-refractivity contribution is 0.370. The van der Waals surface area contributed by atoms with Crippen LogP contribution in [-0.4, -0.2) is 16.7 Å². The molecule has 2 rings (SSSR count). The van der Waals surface area contributed by atoms with E-state index >= 15 is 0 Å². The second-order valence-corrected chi connectivity index (χ2v) is 4.45. The number of nitrogens with zero attached hydrogens (tertiary/aromatic N) is 2. The summed E-state index contributed by atoms with van der Waals surface area (Å²) in [7, 11) is 0. The highest BCUT2D eigenvalue weighted by atomic mass is 16.5. The van der Waals surface area contributed by atoms with Crippen molar-refractivity contribution in [2.24, 2.45) is 5.73 Å². The normalized spacial score (nSPS) is 10.8. The number of benzene rings is 1. The second-order valence-electron chi connectivity index (χ2n) is 4.45. The summed E-state index contributed by atoms with van der Waals surface area (Å²) < 4.78 is 5.22. The molecule has 2 N–H and O–H groups in total. The highest BCUT2D eigenvalue weighted by Crippen LogP contribution is 2.12.